The number of hydrogen-bond acceptors (Lipinski definition) is 4. The Bertz CT molecular complexity index is 567. The molecule has 1 heterocycles. The Morgan fingerprint density at radius 1 is 1.45 bits per heavy atom. The molecule has 2 rings (SSSR count). The van der Waals surface area contributed by atoms with E-state index in [1.54, 1.807) is 7.11 Å². The Balaban J connectivity index is 2.43. The molecule has 1 atom stereocenters. The fourth-order valence-corrected chi connectivity index (χ4v) is 2.86. The molecule has 1 aromatic heterocycles. The predicted octanol–water partition coefficient (Wildman–Crippen LogP) is 3.21. The van der Waals surface area contributed by atoms with E-state index in [1.807, 2.05) is 23.9 Å². The maximum atomic E-state index is 6.32. The van der Waals surface area contributed by atoms with E-state index in [0.29, 0.717) is 0 Å². The lowest BCUT2D eigenvalue weighted by atomic mass is 10.2. The molecule has 0 aliphatic carbocycles. The summed E-state index contributed by atoms with van der Waals surface area (Å²) in [6.07, 6.45) is 4.12. The van der Waals surface area contributed by atoms with Crippen molar-refractivity contribution in [3.63, 3.8) is 0 Å². The van der Waals surface area contributed by atoms with Crippen LogP contribution in [-0.2, 0) is 6.54 Å². The van der Waals surface area contributed by atoms with E-state index in [1.165, 1.54) is 0 Å². The minimum absolute atomic E-state index is 0.00704. The predicted molar refractivity (Wildman–Crippen MR) is 86.5 cm³/mol. The van der Waals surface area contributed by atoms with Gasteiger partial charge in [-0.15, -0.1) is 0 Å². The smallest absolute Gasteiger partial charge is 0.126 e. The molecule has 2 N–H and O–H groups in total. The zero-order valence-corrected chi connectivity index (χ0v) is 13.2. The highest BCUT2D eigenvalue weighted by Crippen LogP contribution is 2.25. The average Bonchev–Trinajstić information content (AvgIpc) is 2.83. The van der Waals surface area contributed by atoms with Crippen LogP contribution < -0.4 is 10.5 Å². The average molecular weight is 293 g/mol. The van der Waals surface area contributed by atoms with Gasteiger partial charge in [0.1, 0.15) is 11.6 Å². The maximum absolute atomic E-state index is 6.32. The number of thioether (sulfide) groups is 1. The molecular formula is C15H23N3OS. The summed E-state index contributed by atoms with van der Waals surface area (Å²) in [5, 5.41) is 0. The topological polar surface area (TPSA) is 53.1 Å². The quantitative estimate of drug-likeness (QED) is 0.851. The molecule has 0 saturated carbocycles. The van der Waals surface area contributed by atoms with Crippen LogP contribution in [0.2, 0.25) is 0 Å². The van der Waals surface area contributed by atoms with Gasteiger partial charge in [0.05, 0.1) is 24.2 Å². The zero-order chi connectivity index (χ0) is 14.5. The number of aryl methyl sites for hydroxylation is 1. The molecule has 0 amide bonds. The Hall–Kier alpha value is -1.20. The summed E-state index contributed by atoms with van der Waals surface area (Å²) < 4.78 is 7.52. The van der Waals surface area contributed by atoms with E-state index in [-0.39, 0.29) is 6.04 Å². The van der Waals surface area contributed by atoms with E-state index in [0.717, 1.165) is 47.7 Å². The first-order chi connectivity index (χ1) is 9.71. The van der Waals surface area contributed by atoms with Gasteiger partial charge < -0.3 is 15.0 Å². The van der Waals surface area contributed by atoms with Gasteiger partial charge in [-0.25, -0.2) is 4.98 Å². The van der Waals surface area contributed by atoms with Crippen molar-refractivity contribution in [3.8, 4) is 5.75 Å². The molecule has 0 saturated heterocycles. The minimum atomic E-state index is -0.00704. The van der Waals surface area contributed by atoms with Crippen LogP contribution in [0.25, 0.3) is 11.0 Å². The molecule has 20 heavy (non-hydrogen) atoms. The molecule has 0 spiro atoms. The van der Waals surface area contributed by atoms with Crippen LogP contribution in [0.1, 0.15) is 31.6 Å². The Morgan fingerprint density at radius 2 is 2.25 bits per heavy atom. The van der Waals surface area contributed by atoms with Gasteiger partial charge in [-0.05, 0) is 37.0 Å². The number of imidazole rings is 1. The van der Waals surface area contributed by atoms with Gasteiger partial charge in [0.25, 0.3) is 0 Å². The van der Waals surface area contributed by atoms with Gasteiger partial charge in [-0.2, -0.15) is 11.8 Å². The number of hydrogen-bond donors (Lipinski definition) is 1. The largest absolute Gasteiger partial charge is 0.497 e. The molecule has 0 aliphatic heterocycles. The van der Waals surface area contributed by atoms with Crippen LogP contribution in [-0.4, -0.2) is 28.7 Å². The molecule has 4 nitrogen and oxygen atoms in total. The van der Waals surface area contributed by atoms with Gasteiger partial charge >= 0.3 is 0 Å². The van der Waals surface area contributed by atoms with E-state index in [2.05, 4.69) is 23.8 Å². The van der Waals surface area contributed by atoms with Crippen molar-refractivity contribution in [3.05, 3.63) is 24.0 Å². The third kappa shape index (κ3) is 3.10. The number of rotatable bonds is 7. The molecule has 0 fully saturated rings. The Morgan fingerprint density at radius 3 is 2.90 bits per heavy atom. The second-order valence-electron chi connectivity index (χ2n) is 4.86. The first-order valence-electron chi connectivity index (χ1n) is 7.00. The number of ether oxygens (including phenoxy) is 1. The van der Waals surface area contributed by atoms with E-state index in [4.69, 9.17) is 15.5 Å². The fraction of sp³-hybridized carbons (Fsp3) is 0.533. The zero-order valence-electron chi connectivity index (χ0n) is 12.4. The van der Waals surface area contributed by atoms with Crippen molar-refractivity contribution in [1.29, 1.82) is 0 Å². The summed E-state index contributed by atoms with van der Waals surface area (Å²) >= 11 is 1.82. The van der Waals surface area contributed by atoms with Gasteiger partial charge in [0, 0.05) is 12.6 Å². The van der Waals surface area contributed by atoms with Gasteiger partial charge in [0.15, 0.2) is 0 Å². The monoisotopic (exact) mass is 293 g/mol. The van der Waals surface area contributed by atoms with Gasteiger partial charge in [-0.3, -0.25) is 0 Å². The van der Waals surface area contributed by atoms with Crippen molar-refractivity contribution in [2.24, 2.45) is 5.73 Å². The number of methoxy groups -OCH3 is 1. The standard InChI is InChI=1S/C15H23N3OS/c1-4-8-18-14-6-5-11(19-2)10-13(14)17-15(18)12(16)7-9-20-3/h5-6,10,12H,4,7-9,16H2,1-3H3. The van der Waals surface area contributed by atoms with Crippen molar-refractivity contribution in [1.82, 2.24) is 9.55 Å². The van der Waals surface area contributed by atoms with Crippen LogP contribution in [0.15, 0.2) is 18.2 Å². The summed E-state index contributed by atoms with van der Waals surface area (Å²) in [7, 11) is 1.68. The molecular weight excluding hydrogens is 270 g/mol. The highest BCUT2D eigenvalue weighted by Gasteiger charge is 2.16. The molecule has 0 aliphatic rings. The fourth-order valence-electron chi connectivity index (χ4n) is 2.37. The number of aromatic nitrogens is 2. The second kappa shape index (κ2) is 6.99. The van der Waals surface area contributed by atoms with Crippen LogP contribution in [0, 0.1) is 0 Å². The van der Waals surface area contributed by atoms with Crippen molar-refractivity contribution >= 4 is 22.8 Å². The number of benzene rings is 1. The van der Waals surface area contributed by atoms with Crippen LogP contribution >= 0.6 is 11.8 Å². The molecule has 110 valence electrons. The molecule has 0 bridgehead atoms. The molecule has 1 aromatic carbocycles. The third-order valence-electron chi connectivity index (χ3n) is 3.40. The first-order valence-corrected chi connectivity index (χ1v) is 8.39. The summed E-state index contributed by atoms with van der Waals surface area (Å²) in [5.74, 6) is 2.88. The Kier molecular flexibility index (Phi) is 5.31. The second-order valence-corrected chi connectivity index (χ2v) is 5.85. The molecule has 1 unspecified atom stereocenters. The molecule has 2 aromatic rings. The van der Waals surface area contributed by atoms with Crippen molar-refractivity contribution in [2.45, 2.75) is 32.4 Å². The highest BCUT2D eigenvalue weighted by molar-refractivity contribution is 7.98. The lowest BCUT2D eigenvalue weighted by molar-refractivity contribution is 0.415. The van der Waals surface area contributed by atoms with E-state index < -0.39 is 0 Å². The third-order valence-corrected chi connectivity index (χ3v) is 4.04. The Labute approximate surface area is 124 Å². The van der Waals surface area contributed by atoms with Crippen molar-refractivity contribution in [2.75, 3.05) is 19.1 Å². The summed E-state index contributed by atoms with van der Waals surface area (Å²) in [4.78, 5) is 4.74. The molecule has 0 radical (unpaired) electrons. The van der Waals surface area contributed by atoms with Crippen molar-refractivity contribution < 1.29 is 4.74 Å². The van der Waals surface area contributed by atoms with Gasteiger partial charge in [-0.1, -0.05) is 6.92 Å². The van der Waals surface area contributed by atoms with Crippen LogP contribution in [0.5, 0.6) is 5.75 Å². The highest BCUT2D eigenvalue weighted by atomic mass is 32.2. The van der Waals surface area contributed by atoms with Gasteiger partial charge in [0.2, 0.25) is 0 Å². The molecule has 5 heteroatoms. The number of nitrogens with zero attached hydrogens (tertiary/aromatic N) is 2. The summed E-state index contributed by atoms with van der Waals surface area (Å²) in [6.45, 7) is 3.12. The minimum Gasteiger partial charge on any atom is -0.497 e. The van der Waals surface area contributed by atoms with Crippen LogP contribution in [0.4, 0.5) is 0 Å². The summed E-state index contributed by atoms with van der Waals surface area (Å²) in [6, 6.07) is 6.02. The SMILES string of the molecule is CCCn1c(C(N)CCSC)nc2cc(OC)ccc21. The number of fused-ring (bicyclic) bond motifs is 1. The van der Waals surface area contributed by atoms with E-state index in [9.17, 15) is 0 Å². The van der Waals surface area contributed by atoms with E-state index >= 15 is 0 Å². The maximum Gasteiger partial charge on any atom is 0.126 e. The first kappa shape index (κ1) is 15.2. The lowest BCUT2D eigenvalue weighted by Gasteiger charge is -2.13. The lowest BCUT2D eigenvalue weighted by Crippen LogP contribution is -2.17. The summed E-state index contributed by atoms with van der Waals surface area (Å²) in [5.41, 5.74) is 8.42. The van der Waals surface area contributed by atoms with Crippen LogP contribution in [0.3, 0.4) is 0 Å². The number of nitrogens with two attached hydrogens (primary N) is 1. The normalized spacial score (nSPS) is 12.8.